The minimum atomic E-state index is -5.03. The van der Waals surface area contributed by atoms with Gasteiger partial charge in [0.2, 0.25) is 5.91 Å². The van der Waals surface area contributed by atoms with Crippen LogP contribution in [0.4, 0.5) is 26.3 Å². The lowest BCUT2D eigenvalue weighted by molar-refractivity contribution is -0.143. The third kappa shape index (κ3) is 5.74. The quantitative estimate of drug-likeness (QED) is 0.796. The molecule has 2 amide bonds. The zero-order valence-corrected chi connectivity index (χ0v) is 12.4. The number of hydrogen-bond acceptors (Lipinski definition) is 2. The molecule has 0 spiro atoms. The number of benzene rings is 1. The Morgan fingerprint density at radius 1 is 1.04 bits per heavy atom. The highest BCUT2D eigenvalue weighted by Crippen LogP contribution is 2.36. The average Bonchev–Trinajstić information content (AvgIpc) is 2.42. The Balaban J connectivity index is 3.09. The van der Waals surface area contributed by atoms with Crippen molar-refractivity contribution in [2.24, 2.45) is 5.73 Å². The first kappa shape index (κ1) is 19.8. The highest BCUT2D eigenvalue weighted by atomic mass is 19.4. The molecule has 1 atom stereocenters. The molecule has 4 nitrogen and oxygen atoms in total. The molecule has 10 heteroatoms. The van der Waals surface area contributed by atoms with Gasteiger partial charge in [-0.25, -0.2) is 0 Å². The first-order valence-electron chi connectivity index (χ1n) is 6.69. The van der Waals surface area contributed by atoms with Gasteiger partial charge in [-0.3, -0.25) is 9.59 Å². The molecule has 3 N–H and O–H groups in total. The second kappa shape index (κ2) is 7.10. The van der Waals surface area contributed by atoms with Crippen LogP contribution >= 0.6 is 0 Å². The Hall–Kier alpha value is -2.26. The molecule has 1 aromatic rings. The molecule has 1 aromatic carbocycles. The van der Waals surface area contributed by atoms with Crippen molar-refractivity contribution in [3.05, 3.63) is 34.9 Å². The predicted octanol–water partition coefficient (Wildman–Crippen LogP) is 3.11. The maximum atomic E-state index is 12.7. The van der Waals surface area contributed by atoms with Crippen molar-refractivity contribution in [3.63, 3.8) is 0 Å². The lowest BCUT2D eigenvalue weighted by atomic mass is 10.0. The standard InChI is InChI=1S/C14H14F6N2O2/c1-7(2-3-11(21)23)22-12(24)8-4-9(13(15,16)17)6-10(5-8)14(18,19)20/h4-7H,2-3H2,1H3,(H2,21,23)(H,22,24). The molecule has 24 heavy (non-hydrogen) atoms. The van der Waals surface area contributed by atoms with Gasteiger partial charge in [0.15, 0.2) is 0 Å². The van der Waals surface area contributed by atoms with Crippen LogP contribution in [0.2, 0.25) is 0 Å². The predicted molar refractivity (Wildman–Crippen MR) is 71.8 cm³/mol. The lowest BCUT2D eigenvalue weighted by Gasteiger charge is -2.16. The van der Waals surface area contributed by atoms with E-state index in [0.717, 1.165) is 0 Å². The van der Waals surface area contributed by atoms with Crippen molar-refractivity contribution < 1.29 is 35.9 Å². The fourth-order valence-corrected chi connectivity index (χ4v) is 1.82. The molecule has 0 bridgehead atoms. The highest BCUT2D eigenvalue weighted by Gasteiger charge is 2.37. The van der Waals surface area contributed by atoms with E-state index in [0.29, 0.717) is 12.1 Å². The maximum absolute atomic E-state index is 12.7. The van der Waals surface area contributed by atoms with Crippen molar-refractivity contribution >= 4 is 11.8 Å². The number of rotatable bonds is 5. The summed E-state index contributed by atoms with van der Waals surface area (Å²) in [6, 6.07) is -0.0433. The molecule has 0 aliphatic heterocycles. The van der Waals surface area contributed by atoms with Crippen LogP contribution in [0.15, 0.2) is 18.2 Å². The third-order valence-corrected chi connectivity index (χ3v) is 3.05. The summed E-state index contributed by atoms with van der Waals surface area (Å²) >= 11 is 0. The normalized spacial score (nSPS) is 13.5. The Labute approximate surface area is 133 Å². The molecule has 0 heterocycles. The summed E-state index contributed by atoms with van der Waals surface area (Å²) in [5.74, 6) is -1.75. The topological polar surface area (TPSA) is 72.2 Å². The lowest BCUT2D eigenvalue weighted by Crippen LogP contribution is -2.33. The van der Waals surface area contributed by atoms with Gasteiger partial charge >= 0.3 is 12.4 Å². The average molecular weight is 356 g/mol. The maximum Gasteiger partial charge on any atom is 0.416 e. The fraction of sp³-hybridized carbons (Fsp3) is 0.429. The fourth-order valence-electron chi connectivity index (χ4n) is 1.82. The van der Waals surface area contributed by atoms with Gasteiger partial charge in [-0.15, -0.1) is 0 Å². The monoisotopic (exact) mass is 356 g/mol. The zero-order valence-electron chi connectivity index (χ0n) is 12.4. The molecule has 0 fully saturated rings. The second-order valence-electron chi connectivity index (χ2n) is 5.17. The van der Waals surface area contributed by atoms with E-state index < -0.39 is 46.9 Å². The minimum Gasteiger partial charge on any atom is -0.370 e. The molecule has 0 aromatic heterocycles. The van der Waals surface area contributed by atoms with E-state index in [1.54, 1.807) is 0 Å². The molecule has 1 rings (SSSR count). The molecule has 0 aliphatic carbocycles. The van der Waals surface area contributed by atoms with Gasteiger partial charge in [-0.1, -0.05) is 0 Å². The van der Waals surface area contributed by atoms with Crippen molar-refractivity contribution in [3.8, 4) is 0 Å². The first-order valence-corrected chi connectivity index (χ1v) is 6.69. The van der Waals surface area contributed by atoms with Gasteiger partial charge in [0.05, 0.1) is 11.1 Å². The summed E-state index contributed by atoms with van der Waals surface area (Å²) in [6.45, 7) is 1.44. The molecule has 1 unspecified atom stereocenters. The van der Waals surface area contributed by atoms with Gasteiger partial charge in [0.1, 0.15) is 0 Å². The van der Waals surface area contributed by atoms with E-state index in [9.17, 15) is 35.9 Å². The van der Waals surface area contributed by atoms with E-state index in [4.69, 9.17) is 5.73 Å². The summed E-state index contributed by atoms with van der Waals surface area (Å²) in [5.41, 5.74) is 0.988. The third-order valence-electron chi connectivity index (χ3n) is 3.05. The Kier molecular flexibility index (Phi) is 5.85. The van der Waals surface area contributed by atoms with Crippen molar-refractivity contribution in [1.29, 1.82) is 0 Å². The van der Waals surface area contributed by atoms with Gasteiger partial charge in [-0.2, -0.15) is 26.3 Å². The minimum absolute atomic E-state index is 0.0622. The number of amides is 2. The van der Waals surface area contributed by atoms with Gasteiger partial charge in [0.25, 0.3) is 5.91 Å². The number of halogens is 6. The second-order valence-corrected chi connectivity index (χ2v) is 5.17. The summed E-state index contributed by atoms with van der Waals surface area (Å²) in [5, 5.41) is 2.23. The number of hydrogen-bond donors (Lipinski definition) is 2. The van der Waals surface area contributed by atoms with Crippen molar-refractivity contribution in [1.82, 2.24) is 5.32 Å². The Morgan fingerprint density at radius 3 is 1.88 bits per heavy atom. The number of carbonyl (C=O) groups is 2. The SMILES string of the molecule is CC(CCC(N)=O)NC(=O)c1cc(C(F)(F)F)cc(C(F)(F)F)c1. The number of nitrogens with one attached hydrogen (secondary N) is 1. The van der Waals surface area contributed by atoms with E-state index >= 15 is 0 Å². The molecule has 0 saturated heterocycles. The summed E-state index contributed by atoms with van der Waals surface area (Å²) < 4.78 is 76.3. The van der Waals surface area contributed by atoms with E-state index in [1.807, 2.05) is 0 Å². The van der Waals surface area contributed by atoms with Gasteiger partial charge < -0.3 is 11.1 Å². The van der Waals surface area contributed by atoms with Crippen LogP contribution in [0.5, 0.6) is 0 Å². The number of nitrogens with two attached hydrogens (primary N) is 1. The number of alkyl halides is 6. The Bertz CT molecular complexity index is 592. The molecule has 134 valence electrons. The van der Waals surface area contributed by atoms with E-state index in [-0.39, 0.29) is 18.9 Å². The van der Waals surface area contributed by atoms with E-state index in [2.05, 4.69) is 5.32 Å². The van der Waals surface area contributed by atoms with Crippen LogP contribution in [0.1, 0.15) is 41.3 Å². The van der Waals surface area contributed by atoms with Crippen LogP contribution in [0.25, 0.3) is 0 Å². The highest BCUT2D eigenvalue weighted by molar-refractivity contribution is 5.94. The van der Waals surface area contributed by atoms with E-state index in [1.165, 1.54) is 6.92 Å². The molecular formula is C14H14F6N2O2. The van der Waals surface area contributed by atoms with Crippen LogP contribution in [-0.4, -0.2) is 17.9 Å². The van der Waals surface area contributed by atoms with Crippen molar-refractivity contribution in [2.45, 2.75) is 38.2 Å². The van der Waals surface area contributed by atoms with Crippen LogP contribution in [0, 0.1) is 0 Å². The molecular weight excluding hydrogens is 342 g/mol. The smallest absolute Gasteiger partial charge is 0.370 e. The number of carbonyl (C=O) groups excluding carboxylic acids is 2. The summed E-state index contributed by atoms with van der Waals surface area (Å²) in [6.07, 6.45) is -10.0. The van der Waals surface area contributed by atoms with Crippen molar-refractivity contribution in [2.75, 3.05) is 0 Å². The molecule has 0 radical (unpaired) electrons. The Morgan fingerprint density at radius 2 is 1.50 bits per heavy atom. The van der Waals surface area contributed by atoms with Crippen LogP contribution in [0.3, 0.4) is 0 Å². The first-order chi connectivity index (χ1) is 10.8. The zero-order chi connectivity index (χ0) is 18.7. The number of primary amides is 1. The van der Waals surface area contributed by atoms with Crippen LogP contribution in [-0.2, 0) is 17.1 Å². The molecule has 0 aliphatic rings. The van der Waals surface area contributed by atoms with Gasteiger partial charge in [0, 0.05) is 18.0 Å². The largest absolute Gasteiger partial charge is 0.416 e. The van der Waals surface area contributed by atoms with Gasteiger partial charge in [-0.05, 0) is 31.5 Å². The molecule has 0 saturated carbocycles. The summed E-state index contributed by atoms with van der Waals surface area (Å²) in [4.78, 5) is 22.5. The summed E-state index contributed by atoms with van der Waals surface area (Å²) in [7, 11) is 0. The van der Waals surface area contributed by atoms with Crippen LogP contribution < -0.4 is 11.1 Å².